The van der Waals surface area contributed by atoms with Gasteiger partial charge in [-0.05, 0) is 44.4 Å². The molecule has 1 unspecified atom stereocenters. The minimum absolute atomic E-state index is 0.171. The quantitative estimate of drug-likeness (QED) is 0.816. The average molecular weight is 261 g/mol. The molecule has 1 aliphatic rings. The Kier molecular flexibility index (Phi) is 4.20. The molecule has 19 heavy (non-hydrogen) atoms. The molecule has 0 radical (unpaired) electrons. The van der Waals surface area contributed by atoms with Crippen LogP contribution < -0.4 is 11.1 Å². The lowest BCUT2D eigenvalue weighted by Crippen LogP contribution is -2.46. The first-order valence-electron chi connectivity index (χ1n) is 7.07. The van der Waals surface area contributed by atoms with Gasteiger partial charge in [0.25, 0.3) is 0 Å². The summed E-state index contributed by atoms with van der Waals surface area (Å²) >= 11 is 0. The number of nitrogens with zero attached hydrogens (tertiary/aromatic N) is 1. The molecule has 4 nitrogen and oxygen atoms in total. The number of aryl methyl sites for hydroxylation is 1. The zero-order chi connectivity index (χ0) is 13.9. The van der Waals surface area contributed by atoms with Gasteiger partial charge in [-0.2, -0.15) is 0 Å². The molecule has 2 rings (SSSR count). The van der Waals surface area contributed by atoms with Crippen LogP contribution in [0.15, 0.2) is 12.3 Å². The summed E-state index contributed by atoms with van der Waals surface area (Å²) in [5.74, 6) is 0.538. The summed E-state index contributed by atoms with van der Waals surface area (Å²) in [5.41, 5.74) is 7.19. The number of hydrogen-bond acceptors (Lipinski definition) is 4. The third-order valence-corrected chi connectivity index (χ3v) is 4.10. The summed E-state index contributed by atoms with van der Waals surface area (Å²) < 4.78 is 0. The summed E-state index contributed by atoms with van der Waals surface area (Å²) in [5, 5.41) is 3.37. The second-order valence-electron chi connectivity index (χ2n) is 5.53. The van der Waals surface area contributed by atoms with Crippen LogP contribution in [0.25, 0.3) is 0 Å². The predicted molar refractivity (Wildman–Crippen MR) is 77.2 cm³/mol. The number of pyridine rings is 1. The number of hydrogen-bond donors (Lipinski definition) is 2. The van der Waals surface area contributed by atoms with Crippen molar-refractivity contribution in [2.45, 2.75) is 39.5 Å². The Bertz CT molecular complexity index is 439. The van der Waals surface area contributed by atoms with Crippen LogP contribution in [0.4, 0.5) is 5.82 Å². The number of Topliss-reactive ketones (excluding diaryl/α,β-unsaturated/α-hetero) is 1. The van der Waals surface area contributed by atoms with E-state index in [0.717, 1.165) is 44.3 Å². The summed E-state index contributed by atoms with van der Waals surface area (Å²) in [6.45, 7) is 5.82. The molecule has 1 aromatic rings. The zero-order valence-corrected chi connectivity index (χ0v) is 11.8. The fourth-order valence-corrected chi connectivity index (χ4v) is 3.11. The van der Waals surface area contributed by atoms with E-state index in [2.05, 4.69) is 17.2 Å². The molecule has 2 heterocycles. The second-order valence-corrected chi connectivity index (χ2v) is 5.53. The number of piperidine rings is 1. The van der Waals surface area contributed by atoms with E-state index in [1.807, 2.05) is 13.0 Å². The van der Waals surface area contributed by atoms with Crippen molar-refractivity contribution in [2.75, 3.05) is 18.8 Å². The van der Waals surface area contributed by atoms with E-state index >= 15 is 0 Å². The predicted octanol–water partition coefficient (Wildman–Crippen LogP) is 2.32. The summed E-state index contributed by atoms with van der Waals surface area (Å²) in [6, 6.07) is 1.86. The first kappa shape index (κ1) is 14.0. The zero-order valence-electron chi connectivity index (χ0n) is 11.8. The van der Waals surface area contributed by atoms with Crippen molar-refractivity contribution in [3.63, 3.8) is 0 Å². The van der Waals surface area contributed by atoms with E-state index in [9.17, 15) is 4.79 Å². The number of anilines is 1. The number of rotatable bonds is 4. The molecule has 0 bridgehead atoms. The molecule has 3 N–H and O–H groups in total. The first-order chi connectivity index (χ1) is 9.10. The monoisotopic (exact) mass is 261 g/mol. The molecule has 0 spiro atoms. The fraction of sp³-hybridized carbons (Fsp3) is 0.600. The van der Waals surface area contributed by atoms with Crippen LogP contribution in [0, 0.1) is 12.3 Å². The molecule has 0 amide bonds. The Morgan fingerprint density at radius 3 is 2.95 bits per heavy atom. The van der Waals surface area contributed by atoms with Gasteiger partial charge in [0.2, 0.25) is 0 Å². The van der Waals surface area contributed by atoms with Gasteiger partial charge in [-0.25, -0.2) is 4.98 Å². The Balaban J connectivity index is 2.39. The Morgan fingerprint density at radius 1 is 1.58 bits per heavy atom. The maximum atomic E-state index is 13.0. The highest BCUT2D eigenvalue weighted by Crippen LogP contribution is 2.37. The molecule has 0 aromatic carbocycles. The molecule has 1 aromatic heterocycles. The lowest BCUT2D eigenvalue weighted by Gasteiger charge is -2.36. The number of ketones is 1. The number of carbonyl (C=O) groups excluding carboxylic acids is 1. The van der Waals surface area contributed by atoms with E-state index in [-0.39, 0.29) is 11.2 Å². The van der Waals surface area contributed by atoms with Gasteiger partial charge in [-0.15, -0.1) is 0 Å². The third-order valence-electron chi connectivity index (χ3n) is 4.10. The Morgan fingerprint density at radius 2 is 2.37 bits per heavy atom. The number of carbonyl (C=O) groups is 1. The topological polar surface area (TPSA) is 68.0 Å². The van der Waals surface area contributed by atoms with Crippen LogP contribution in [0.2, 0.25) is 0 Å². The van der Waals surface area contributed by atoms with E-state index in [0.29, 0.717) is 11.4 Å². The summed E-state index contributed by atoms with van der Waals surface area (Å²) in [7, 11) is 0. The molecule has 4 heteroatoms. The van der Waals surface area contributed by atoms with Gasteiger partial charge in [-0.1, -0.05) is 13.3 Å². The van der Waals surface area contributed by atoms with Crippen molar-refractivity contribution in [2.24, 2.45) is 5.41 Å². The van der Waals surface area contributed by atoms with E-state index in [4.69, 9.17) is 5.73 Å². The van der Waals surface area contributed by atoms with E-state index in [1.54, 1.807) is 6.20 Å². The fourth-order valence-electron chi connectivity index (χ4n) is 3.11. The Hall–Kier alpha value is -1.42. The Labute approximate surface area is 114 Å². The van der Waals surface area contributed by atoms with Gasteiger partial charge in [0.05, 0.1) is 5.56 Å². The minimum Gasteiger partial charge on any atom is -0.383 e. The molecule has 0 aliphatic carbocycles. The van der Waals surface area contributed by atoms with Gasteiger partial charge in [0.1, 0.15) is 5.82 Å². The number of nitrogen functional groups attached to an aromatic ring is 1. The molecule has 1 aliphatic heterocycles. The van der Waals surface area contributed by atoms with E-state index in [1.165, 1.54) is 0 Å². The molecule has 1 atom stereocenters. The van der Waals surface area contributed by atoms with Gasteiger partial charge >= 0.3 is 0 Å². The van der Waals surface area contributed by atoms with Crippen LogP contribution in [0.5, 0.6) is 0 Å². The maximum Gasteiger partial charge on any atom is 0.174 e. The maximum absolute atomic E-state index is 13.0. The lowest BCUT2D eigenvalue weighted by atomic mass is 9.71. The van der Waals surface area contributed by atoms with Crippen molar-refractivity contribution in [1.82, 2.24) is 10.3 Å². The molecule has 1 saturated heterocycles. The van der Waals surface area contributed by atoms with Gasteiger partial charge in [0.15, 0.2) is 5.78 Å². The summed E-state index contributed by atoms with van der Waals surface area (Å²) in [6.07, 6.45) is 5.57. The van der Waals surface area contributed by atoms with Crippen molar-refractivity contribution in [3.8, 4) is 0 Å². The summed E-state index contributed by atoms with van der Waals surface area (Å²) in [4.78, 5) is 17.1. The molecular formula is C15H23N3O. The number of aromatic nitrogens is 1. The van der Waals surface area contributed by atoms with Gasteiger partial charge < -0.3 is 11.1 Å². The highest BCUT2D eigenvalue weighted by atomic mass is 16.1. The average Bonchev–Trinajstić information content (AvgIpc) is 2.40. The first-order valence-corrected chi connectivity index (χ1v) is 7.07. The lowest BCUT2D eigenvalue weighted by molar-refractivity contribution is 0.0718. The molecule has 1 fully saturated rings. The molecular weight excluding hydrogens is 238 g/mol. The minimum atomic E-state index is -0.297. The standard InChI is InChI=1S/C15H23N3O/c1-3-6-15(7-4-8-17-10-15)13(19)12-11(2)5-9-18-14(12)16/h5,9,17H,3-4,6-8,10H2,1-2H3,(H2,16,18). The second kappa shape index (κ2) is 5.70. The normalized spacial score (nSPS) is 23.3. The number of nitrogens with two attached hydrogens (primary N) is 1. The van der Waals surface area contributed by atoms with Gasteiger partial charge in [0, 0.05) is 18.2 Å². The van der Waals surface area contributed by atoms with Crippen molar-refractivity contribution >= 4 is 11.6 Å². The molecule has 0 saturated carbocycles. The van der Waals surface area contributed by atoms with Gasteiger partial charge in [-0.3, -0.25) is 4.79 Å². The smallest absolute Gasteiger partial charge is 0.174 e. The largest absolute Gasteiger partial charge is 0.383 e. The third kappa shape index (κ3) is 2.63. The van der Waals surface area contributed by atoms with Crippen LogP contribution in [0.3, 0.4) is 0 Å². The van der Waals surface area contributed by atoms with Crippen molar-refractivity contribution < 1.29 is 4.79 Å². The molecule has 104 valence electrons. The number of nitrogens with one attached hydrogen (secondary N) is 1. The van der Waals surface area contributed by atoms with Crippen LogP contribution in [-0.2, 0) is 0 Å². The van der Waals surface area contributed by atoms with Crippen LogP contribution in [0.1, 0.15) is 48.5 Å². The van der Waals surface area contributed by atoms with Crippen LogP contribution in [-0.4, -0.2) is 23.9 Å². The van der Waals surface area contributed by atoms with E-state index < -0.39 is 0 Å². The highest BCUT2D eigenvalue weighted by Gasteiger charge is 2.40. The highest BCUT2D eigenvalue weighted by molar-refractivity contribution is 6.05. The SMILES string of the molecule is CCCC1(C(=O)c2c(C)ccnc2N)CCCNC1. The van der Waals surface area contributed by atoms with Crippen molar-refractivity contribution in [1.29, 1.82) is 0 Å². The van der Waals surface area contributed by atoms with Crippen LogP contribution >= 0.6 is 0 Å². The van der Waals surface area contributed by atoms with Crippen molar-refractivity contribution in [3.05, 3.63) is 23.4 Å².